The van der Waals surface area contributed by atoms with Crippen LogP contribution in [0.1, 0.15) is 38.6 Å². The number of hydrogen-bond donors (Lipinski definition) is 1. The number of rotatable bonds is 6. The minimum absolute atomic E-state index is 0.0143. The van der Waals surface area contributed by atoms with Gasteiger partial charge in [-0.25, -0.2) is 4.39 Å². The van der Waals surface area contributed by atoms with Crippen molar-refractivity contribution in [1.29, 1.82) is 0 Å². The Bertz CT molecular complexity index is 615. The van der Waals surface area contributed by atoms with Crippen LogP contribution in [0.2, 0.25) is 5.28 Å². The van der Waals surface area contributed by atoms with Crippen LogP contribution in [0.15, 0.2) is 24.5 Å². The predicted octanol–water partition coefficient (Wildman–Crippen LogP) is 3.56. The molecule has 118 valence electrons. The first-order valence-corrected chi connectivity index (χ1v) is 7.49. The Morgan fingerprint density at radius 2 is 1.91 bits per heavy atom. The smallest absolute Gasteiger partial charge is 0.227 e. The van der Waals surface area contributed by atoms with Gasteiger partial charge in [-0.3, -0.25) is 4.98 Å². The summed E-state index contributed by atoms with van der Waals surface area (Å²) in [6.45, 7) is 4.78. The summed E-state index contributed by atoms with van der Waals surface area (Å²) in [6, 6.07) is 4.08. The van der Waals surface area contributed by atoms with Gasteiger partial charge in [0.25, 0.3) is 0 Å². The van der Waals surface area contributed by atoms with Crippen LogP contribution >= 0.6 is 11.6 Å². The second kappa shape index (κ2) is 6.96. The zero-order valence-electron chi connectivity index (χ0n) is 12.8. The van der Waals surface area contributed by atoms with Crippen LogP contribution in [0.5, 0.6) is 0 Å². The molecule has 0 saturated heterocycles. The Balaban J connectivity index is 1.99. The summed E-state index contributed by atoms with van der Waals surface area (Å²) in [6.07, 6.45) is 5.32. The first-order chi connectivity index (χ1) is 10.3. The van der Waals surface area contributed by atoms with Gasteiger partial charge < -0.3 is 5.32 Å². The van der Waals surface area contributed by atoms with Gasteiger partial charge in [0.15, 0.2) is 11.5 Å². The van der Waals surface area contributed by atoms with Crippen LogP contribution in [-0.4, -0.2) is 26.0 Å². The molecule has 2 rings (SSSR count). The van der Waals surface area contributed by atoms with Gasteiger partial charge >= 0.3 is 0 Å². The average Bonchev–Trinajstić information content (AvgIpc) is 2.45. The van der Waals surface area contributed by atoms with Crippen LogP contribution in [0.4, 0.5) is 10.3 Å². The molecule has 0 aliphatic rings. The third-order valence-electron chi connectivity index (χ3n) is 3.13. The van der Waals surface area contributed by atoms with E-state index in [1.165, 1.54) is 19.4 Å². The molecule has 5 nitrogen and oxygen atoms in total. The van der Waals surface area contributed by atoms with Gasteiger partial charge in [0.2, 0.25) is 11.2 Å². The van der Waals surface area contributed by atoms with Crippen molar-refractivity contribution < 1.29 is 4.39 Å². The largest absolute Gasteiger partial charge is 0.352 e. The molecule has 0 aliphatic carbocycles. The molecule has 2 aromatic rings. The van der Waals surface area contributed by atoms with E-state index in [1.807, 2.05) is 19.1 Å². The molecule has 1 atom stereocenters. The van der Waals surface area contributed by atoms with E-state index < -0.39 is 5.67 Å². The highest BCUT2D eigenvalue weighted by Crippen LogP contribution is 2.22. The average molecular weight is 324 g/mol. The Morgan fingerprint density at radius 1 is 1.23 bits per heavy atom. The van der Waals surface area contributed by atoms with Gasteiger partial charge in [-0.2, -0.15) is 15.0 Å². The van der Waals surface area contributed by atoms with Crippen molar-refractivity contribution >= 4 is 17.5 Å². The van der Waals surface area contributed by atoms with Gasteiger partial charge in [0.1, 0.15) is 0 Å². The van der Waals surface area contributed by atoms with E-state index in [9.17, 15) is 4.39 Å². The second-order valence-electron chi connectivity index (χ2n) is 5.66. The molecule has 0 aromatic carbocycles. The molecule has 7 heteroatoms. The zero-order chi connectivity index (χ0) is 16.2. The van der Waals surface area contributed by atoms with Crippen LogP contribution in [0.25, 0.3) is 0 Å². The monoisotopic (exact) mass is 323 g/mol. The van der Waals surface area contributed by atoms with Crippen molar-refractivity contribution in [3.8, 4) is 0 Å². The Labute approximate surface area is 134 Å². The summed E-state index contributed by atoms with van der Waals surface area (Å²) < 4.78 is 13.9. The van der Waals surface area contributed by atoms with E-state index in [-0.39, 0.29) is 17.1 Å². The van der Waals surface area contributed by atoms with Gasteiger partial charge in [0, 0.05) is 18.4 Å². The maximum Gasteiger partial charge on any atom is 0.227 e. The number of anilines is 1. The number of aryl methyl sites for hydroxylation is 1. The molecule has 1 unspecified atom stereocenters. The molecule has 0 radical (unpaired) electrons. The highest BCUT2D eigenvalue weighted by molar-refractivity contribution is 6.28. The summed E-state index contributed by atoms with van der Waals surface area (Å²) >= 11 is 5.84. The molecule has 0 saturated carbocycles. The van der Waals surface area contributed by atoms with Crippen molar-refractivity contribution in [3.63, 3.8) is 0 Å². The highest BCUT2D eigenvalue weighted by Gasteiger charge is 2.24. The molecule has 0 bridgehead atoms. The first kappa shape index (κ1) is 16.5. The van der Waals surface area contributed by atoms with Crippen LogP contribution in [0, 0.1) is 0 Å². The highest BCUT2D eigenvalue weighted by atomic mass is 35.5. The second-order valence-corrected chi connectivity index (χ2v) is 6.00. The van der Waals surface area contributed by atoms with Crippen molar-refractivity contribution in [2.75, 3.05) is 5.32 Å². The summed E-state index contributed by atoms with van der Waals surface area (Å²) in [4.78, 5) is 15.9. The summed E-state index contributed by atoms with van der Waals surface area (Å²) in [5.41, 5.74) is -0.452. The third-order valence-corrected chi connectivity index (χ3v) is 3.30. The minimum atomic E-state index is -1.66. The van der Waals surface area contributed by atoms with E-state index in [4.69, 9.17) is 11.6 Å². The molecular formula is C15H19ClFN5. The molecule has 0 aliphatic heterocycles. The van der Waals surface area contributed by atoms with Crippen LogP contribution in [-0.2, 0) is 12.1 Å². The van der Waals surface area contributed by atoms with E-state index in [1.54, 1.807) is 12.4 Å². The standard InChI is InChI=1S/C15H19ClFN5/c1-10(4-5-11-6-8-18-9-7-11)19-14-21-12(15(2,3)17)20-13(16)22-14/h6-10H,4-5H2,1-3H3,(H,19,20,21,22). The van der Waals surface area contributed by atoms with Gasteiger partial charge in [-0.1, -0.05) is 0 Å². The topological polar surface area (TPSA) is 63.6 Å². The van der Waals surface area contributed by atoms with E-state index in [0.29, 0.717) is 5.95 Å². The lowest BCUT2D eigenvalue weighted by atomic mass is 10.1. The van der Waals surface area contributed by atoms with Gasteiger partial charge in [-0.05, 0) is 62.9 Å². The maximum absolute atomic E-state index is 13.9. The number of halogens is 2. The fraction of sp³-hybridized carbons (Fsp3) is 0.467. The fourth-order valence-corrected chi connectivity index (χ4v) is 2.07. The zero-order valence-corrected chi connectivity index (χ0v) is 13.6. The van der Waals surface area contributed by atoms with Crippen LogP contribution in [0.3, 0.4) is 0 Å². The fourth-order valence-electron chi connectivity index (χ4n) is 1.91. The number of nitrogens with zero attached hydrogens (tertiary/aromatic N) is 4. The molecule has 0 amide bonds. The maximum atomic E-state index is 13.9. The molecule has 2 heterocycles. The number of alkyl halides is 1. The number of aromatic nitrogens is 4. The van der Waals surface area contributed by atoms with Gasteiger partial charge in [-0.15, -0.1) is 0 Å². The third kappa shape index (κ3) is 4.87. The first-order valence-electron chi connectivity index (χ1n) is 7.11. The van der Waals surface area contributed by atoms with E-state index >= 15 is 0 Å². The molecule has 2 aromatic heterocycles. The lowest BCUT2D eigenvalue weighted by molar-refractivity contribution is 0.206. The van der Waals surface area contributed by atoms with E-state index in [2.05, 4.69) is 25.3 Å². The Morgan fingerprint density at radius 3 is 2.55 bits per heavy atom. The normalized spacial score (nSPS) is 13.0. The SMILES string of the molecule is CC(CCc1ccncc1)Nc1nc(Cl)nc(C(C)(C)F)n1. The number of nitrogens with one attached hydrogen (secondary N) is 1. The van der Waals surface area contributed by atoms with Crippen molar-refractivity contribution in [3.05, 3.63) is 41.2 Å². The van der Waals surface area contributed by atoms with Crippen molar-refractivity contribution in [2.45, 2.75) is 45.3 Å². The number of pyridine rings is 1. The molecule has 1 N–H and O–H groups in total. The molecule has 22 heavy (non-hydrogen) atoms. The summed E-state index contributed by atoms with van der Waals surface area (Å²) in [7, 11) is 0. The lowest BCUT2D eigenvalue weighted by Gasteiger charge is -2.17. The minimum Gasteiger partial charge on any atom is -0.352 e. The van der Waals surface area contributed by atoms with Crippen molar-refractivity contribution in [2.24, 2.45) is 0 Å². The van der Waals surface area contributed by atoms with E-state index in [0.717, 1.165) is 12.8 Å². The predicted molar refractivity (Wildman–Crippen MR) is 84.6 cm³/mol. The molecule has 0 spiro atoms. The van der Waals surface area contributed by atoms with Gasteiger partial charge in [0.05, 0.1) is 0 Å². The molecule has 0 fully saturated rings. The lowest BCUT2D eigenvalue weighted by Crippen LogP contribution is -2.21. The summed E-state index contributed by atoms with van der Waals surface area (Å²) in [5, 5.41) is 3.12. The molecular weight excluding hydrogens is 305 g/mol. The van der Waals surface area contributed by atoms with Crippen LogP contribution < -0.4 is 5.32 Å². The quantitative estimate of drug-likeness (QED) is 0.880. The van der Waals surface area contributed by atoms with Crippen molar-refractivity contribution in [1.82, 2.24) is 19.9 Å². The Hall–Kier alpha value is -1.82. The Kier molecular flexibility index (Phi) is 5.24. The summed E-state index contributed by atoms with van der Waals surface area (Å²) in [5.74, 6) is 0.319. The number of hydrogen-bond acceptors (Lipinski definition) is 5.